The van der Waals surface area contributed by atoms with E-state index in [0.717, 1.165) is 69.2 Å². The minimum atomic E-state index is -1.00. The molecule has 2 saturated heterocycles. The van der Waals surface area contributed by atoms with Crippen molar-refractivity contribution < 1.29 is 14.7 Å². The highest BCUT2D eigenvalue weighted by atomic mass is 32.2. The molecule has 0 bridgehead atoms. The molecule has 2 fully saturated rings. The lowest BCUT2D eigenvalue weighted by atomic mass is 10.0. The molecule has 34 heavy (non-hydrogen) atoms. The average Bonchev–Trinajstić information content (AvgIpc) is 2.97. The number of carboxylic acid groups (broad SMARTS) is 1. The van der Waals surface area contributed by atoms with E-state index in [1.54, 1.807) is 17.6 Å². The number of carbonyl (C=O) groups excluding carboxylic acids is 1. The van der Waals surface area contributed by atoms with Crippen LogP contribution in [0.5, 0.6) is 0 Å². The van der Waals surface area contributed by atoms with Gasteiger partial charge in [-0.3, -0.25) is 23.9 Å². The highest BCUT2D eigenvalue weighted by molar-refractivity contribution is 8.26. The molecule has 0 aromatic carbocycles. The van der Waals surface area contributed by atoms with Gasteiger partial charge in [0.2, 0.25) is 0 Å². The monoisotopic (exact) mass is 502 g/mol. The van der Waals surface area contributed by atoms with Gasteiger partial charge in [0.15, 0.2) is 0 Å². The number of unbranched alkanes of at least 4 members (excludes halogenated alkanes) is 1. The number of rotatable bonds is 8. The summed E-state index contributed by atoms with van der Waals surface area (Å²) in [5, 5.41) is 18.8. The SMILES string of the molecule is CCCCn1c(N2CCCCCC2)c(/C=C2\SC(=S)N(CCC(=O)O)C2=O)c(C)c(C#N)c1=O. The van der Waals surface area contributed by atoms with E-state index in [1.807, 2.05) is 0 Å². The van der Waals surface area contributed by atoms with Crippen molar-refractivity contribution in [2.45, 2.75) is 65.3 Å². The van der Waals surface area contributed by atoms with Crippen LogP contribution < -0.4 is 10.5 Å². The first kappa shape index (κ1) is 26.0. The quantitative estimate of drug-likeness (QED) is 0.422. The van der Waals surface area contributed by atoms with Crippen LogP contribution >= 0.6 is 24.0 Å². The molecule has 0 atom stereocenters. The Morgan fingerprint density at radius 1 is 1.21 bits per heavy atom. The van der Waals surface area contributed by atoms with E-state index >= 15 is 0 Å². The number of hydrogen-bond donors (Lipinski definition) is 1. The number of carboxylic acids is 1. The fourth-order valence-corrected chi connectivity index (χ4v) is 5.61. The van der Waals surface area contributed by atoms with Gasteiger partial charge in [0.25, 0.3) is 11.5 Å². The van der Waals surface area contributed by atoms with E-state index in [9.17, 15) is 19.6 Å². The minimum Gasteiger partial charge on any atom is -0.481 e. The fraction of sp³-hybridized carbons (Fsp3) is 0.542. The van der Waals surface area contributed by atoms with E-state index in [2.05, 4.69) is 17.9 Å². The van der Waals surface area contributed by atoms with Gasteiger partial charge in [-0.05, 0) is 37.8 Å². The second kappa shape index (κ2) is 11.7. The molecule has 1 N–H and O–H groups in total. The van der Waals surface area contributed by atoms with Crippen LogP contribution in [0.3, 0.4) is 0 Å². The van der Waals surface area contributed by atoms with Crippen LogP contribution in [0.15, 0.2) is 9.70 Å². The van der Waals surface area contributed by atoms with Gasteiger partial charge in [0.05, 0.1) is 11.3 Å². The van der Waals surface area contributed by atoms with Gasteiger partial charge >= 0.3 is 5.97 Å². The summed E-state index contributed by atoms with van der Waals surface area (Å²) in [6.45, 7) is 5.92. The summed E-state index contributed by atoms with van der Waals surface area (Å²) in [4.78, 5) is 41.3. The number of aliphatic carboxylic acids is 1. The summed E-state index contributed by atoms with van der Waals surface area (Å²) in [7, 11) is 0. The van der Waals surface area contributed by atoms with Gasteiger partial charge in [0.1, 0.15) is 21.8 Å². The lowest BCUT2D eigenvalue weighted by Gasteiger charge is -2.29. The molecule has 1 aromatic heterocycles. The third-order valence-corrected chi connectivity index (χ3v) is 7.56. The summed E-state index contributed by atoms with van der Waals surface area (Å²) < 4.78 is 2.02. The molecule has 8 nitrogen and oxygen atoms in total. The number of pyridine rings is 1. The molecule has 3 rings (SSSR count). The third-order valence-electron chi connectivity index (χ3n) is 6.19. The van der Waals surface area contributed by atoms with Gasteiger partial charge in [0, 0.05) is 31.7 Å². The number of amides is 1. The van der Waals surface area contributed by atoms with Gasteiger partial charge in [-0.1, -0.05) is 50.2 Å². The molecule has 0 spiro atoms. The maximum absolute atomic E-state index is 13.3. The zero-order valence-electron chi connectivity index (χ0n) is 19.6. The molecule has 2 aliphatic rings. The third kappa shape index (κ3) is 5.53. The van der Waals surface area contributed by atoms with Crippen molar-refractivity contribution in [2.75, 3.05) is 24.5 Å². The summed E-state index contributed by atoms with van der Waals surface area (Å²) in [5.74, 6) is -0.589. The fourth-order valence-electron chi connectivity index (χ4n) is 4.32. The first-order chi connectivity index (χ1) is 16.3. The summed E-state index contributed by atoms with van der Waals surface area (Å²) >= 11 is 6.47. The summed E-state index contributed by atoms with van der Waals surface area (Å²) in [6, 6.07) is 2.08. The van der Waals surface area contributed by atoms with Gasteiger partial charge in [-0.25, -0.2) is 0 Å². The Balaban J connectivity index is 2.18. The van der Waals surface area contributed by atoms with E-state index in [1.165, 1.54) is 4.90 Å². The smallest absolute Gasteiger partial charge is 0.305 e. The Labute approximate surface area is 209 Å². The van der Waals surface area contributed by atoms with Crippen LogP contribution in [0.2, 0.25) is 0 Å². The van der Waals surface area contributed by atoms with Crippen LogP contribution in [0, 0.1) is 18.3 Å². The number of carbonyl (C=O) groups is 2. The Morgan fingerprint density at radius 3 is 2.47 bits per heavy atom. The maximum atomic E-state index is 13.3. The predicted molar refractivity (Wildman–Crippen MR) is 138 cm³/mol. The summed E-state index contributed by atoms with van der Waals surface area (Å²) in [6.07, 6.45) is 7.52. The van der Waals surface area contributed by atoms with E-state index in [0.29, 0.717) is 26.9 Å². The Morgan fingerprint density at radius 2 is 1.88 bits per heavy atom. The maximum Gasteiger partial charge on any atom is 0.305 e. The molecular weight excluding hydrogens is 472 g/mol. The number of thiocarbonyl (C=S) groups is 1. The molecule has 0 radical (unpaired) electrons. The highest BCUT2D eigenvalue weighted by Crippen LogP contribution is 2.36. The van der Waals surface area contributed by atoms with Crippen LogP contribution in [0.1, 0.15) is 68.6 Å². The molecule has 1 amide bonds. The number of nitriles is 1. The molecule has 2 aliphatic heterocycles. The van der Waals surface area contributed by atoms with Crippen LogP contribution in [-0.2, 0) is 16.1 Å². The Bertz CT molecular complexity index is 1110. The number of anilines is 1. The topological polar surface area (TPSA) is 107 Å². The molecular formula is C24H30N4O4S2. The van der Waals surface area contributed by atoms with Gasteiger partial charge in [-0.2, -0.15) is 5.26 Å². The zero-order chi connectivity index (χ0) is 24.8. The van der Waals surface area contributed by atoms with Crippen molar-refractivity contribution in [3.8, 4) is 6.07 Å². The van der Waals surface area contributed by atoms with Crippen LogP contribution in [0.25, 0.3) is 6.08 Å². The van der Waals surface area contributed by atoms with Crippen molar-refractivity contribution in [3.63, 3.8) is 0 Å². The first-order valence-electron chi connectivity index (χ1n) is 11.7. The van der Waals surface area contributed by atoms with E-state index in [4.69, 9.17) is 17.3 Å². The van der Waals surface area contributed by atoms with Crippen LogP contribution in [-0.4, -0.2) is 50.4 Å². The number of hydrogen-bond acceptors (Lipinski definition) is 7. The second-order valence-corrected chi connectivity index (χ2v) is 10.2. The predicted octanol–water partition coefficient (Wildman–Crippen LogP) is 3.88. The number of aromatic nitrogens is 1. The average molecular weight is 503 g/mol. The Kier molecular flexibility index (Phi) is 8.91. The normalized spacial score (nSPS) is 17.9. The zero-order valence-corrected chi connectivity index (χ0v) is 21.3. The second-order valence-electron chi connectivity index (χ2n) is 8.54. The van der Waals surface area contributed by atoms with Gasteiger partial charge in [-0.15, -0.1) is 0 Å². The summed E-state index contributed by atoms with van der Waals surface area (Å²) in [5.41, 5.74) is 1.03. The highest BCUT2D eigenvalue weighted by Gasteiger charge is 2.33. The molecule has 1 aromatic rings. The lowest BCUT2D eigenvalue weighted by Crippen LogP contribution is -2.35. The van der Waals surface area contributed by atoms with Crippen molar-refractivity contribution >= 4 is 52.1 Å². The largest absolute Gasteiger partial charge is 0.481 e. The van der Waals surface area contributed by atoms with Crippen molar-refractivity contribution in [2.24, 2.45) is 0 Å². The molecule has 10 heteroatoms. The molecule has 3 heterocycles. The molecule has 182 valence electrons. The van der Waals surface area contributed by atoms with E-state index in [-0.39, 0.29) is 30.0 Å². The number of nitrogens with zero attached hydrogens (tertiary/aromatic N) is 4. The molecule has 0 unspecified atom stereocenters. The lowest BCUT2D eigenvalue weighted by molar-refractivity contribution is -0.137. The number of thioether (sulfide) groups is 1. The van der Waals surface area contributed by atoms with Gasteiger partial charge < -0.3 is 10.0 Å². The van der Waals surface area contributed by atoms with E-state index < -0.39 is 5.97 Å². The molecule has 0 saturated carbocycles. The minimum absolute atomic E-state index is 0.00868. The van der Waals surface area contributed by atoms with Crippen molar-refractivity contribution in [1.82, 2.24) is 9.47 Å². The molecule has 0 aliphatic carbocycles. The van der Waals surface area contributed by atoms with Crippen molar-refractivity contribution in [3.05, 3.63) is 31.9 Å². The first-order valence-corrected chi connectivity index (χ1v) is 12.9. The Hall–Kier alpha value is -2.64. The standard InChI is InChI=1S/C24H30N4O4S2/c1-3-4-12-27-21(26-10-7-5-6-8-11-26)17(16(2)18(15-25)22(27)31)14-19-23(32)28(24(33)34-19)13-9-20(29)30/h14H,3-13H2,1-2H3,(H,29,30)/b19-14-. The van der Waals surface area contributed by atoms with Crippen LogP contribution in [0.4, 0.5) is 5.82 Å². The van der Waals surface area contributed by atoms with Crippen molar-refractivity contribution in [1.29, 1.82) is 5.26 Å².